The number of amides is 1. The maximum atomic E-state index is 12.3. The molecule has 0 radical (unpaired) electrons. The van der Waals surface area contributed by atoms with Gasteiger partial charge in [-0.2, -0.15) is 4.31 Å². The number of nitrogens with zero attached hydrogens (tertiary/aromatic N) is 1. The largest absolute Gasteiger partial charge is 0.497 e. The van der Waals surface area contributed by atoms with Crippen LogP contribution in [0.3, 0.4) is 0 Å². The van der Waals surface area contributed by atoms with Crippen LogP contribution in [0.1, 0.15) is 5.56 Å². The molecular formula is C16H19ClN2O4S2. The molecule has 0 saturated heterocycles. The van der Waals surface area contributed by atoms with Gasteiger partial charge in [-0.1, -0.05) is 23.7 Å². The van der Waals surface area contributed by atoms with Gasteiger partial charge in [-0.3, -0.25) is 4.79 Å². The van der Waals surface area contributed by atoms with E-state index in [1.54, 1.807) is 7.11 Å². The molecule has 1 aromatic heterocycles. The van der Waals surface area contributed by atoms with Crippen molar-refractivity contribution in [3.8, 4) is 5.75 Å². The van der Waals surface area contributed by atoms with Gasteiger partial charge in [0.1, 0.15) is 9.96 Å². The van der Waals surface area contributed by atoms with Crippen LogP contribution in [0.4, 0.5) is 0 Å². The normalized spacial score (nSPS) is 11.5. The minimum Gasteiger partial charge on any atom is -0.497 e. The predicted molar refractivity (Wildman–Crippen MR) is 98.9 cm³/mol. The van der Waals surface area contributed by atoms with Gasteiger partial charge in [-0.25, -0.2) is 8.42 Å². The molecule has 2 aromatic rings. The zero-order valence-electron chi connectivity index (χ0n) is 13.9. The molecule has 1 N–H and O–H groups in total. The van der Waals surface area contributed by atoms with Gasteiger partial charge in [0, 0.05) is 13.6 Å². The number of rotatable bonds is 8. The minimum atomic E-state index is -3.71. The van der Waals surface area contributed by atoms with Gasteiger partial charge in [0.05, 0.1) is 18.0 Å². The number of hydrogen-bond acceptors (Lipinski definition) is 5. The molecule has 9 heteroatoms. The van der Waals surface area contributed by atoms with Crippen molar-refractivity contribution in [3.05, 3.63) is 46.3 Å². The highest BCUT2D eigenvalue weighted by molar-refractivity contribution is 7.91. The highest BCUT2D eigenvalue weighted by atomic mass is 35.5. The summed E-state index contributed by atoms with van der Waals surface area (Å²) < 4.78 is 31.2. The van der Waals surface area contributed by atoms with Crippen molar-refractivity contribution in [2.45, 2.75) is 10.6 Å². The summed E-state index contributed by atoms with van der Waals surface area (Å²) in [6.45, 7) is 0.171. The highest BCUT2D eigenvalue weighted by Crippen LogP contribution is 2.27. The van der Waals surface area contributed by atoms with Crippen LogP contribution >= 0.6 is 22.9 Å². The number of nitrogens with one attached hydrogen (secondary N) is 1. The smallest absolute Gasteiger partial charge is 0.252 e. The van der Waals surface area contributed by atoms with Gasteiger partial charge < -0.3 is 10.1 Å². The molecular weight excluding hydrogens is 384 g/mol. The number of benzene rings is 1. The lowest BCUT2D eigenvalue weighted by Crippen LogP contribution is -2.38. The van der Waals surface area contributed by atoms with Crippen molar-refractivity contribution in [1.29, 1.82) is 0 Å². The summed E-state index contributed by atoms with van der Waals surface area (Å²) >= 11 is 6.73. The average Bonchev–Trinajstić information content (AvgIpc) is 3.02. The van der Waals surface area contributed by atoms with E-state index in [0.29, 0.717) is 17.3 Å². The van der Waals surface area contributed by atoms with Gasteiger partial charge in [-0.15, -0.1) is 11.3 Å². The van der Waals surface area contributed by atoms with E-state index >= 15 is 0 Å². The molecule has 0 aliphatic rings. The molecule has 0 fully saturated rings. The van der Waals surface area contributed by atoms with Crippen molar-refractivity contribution < 1.29 is 17.9 Å². The fraction of sp³-hybridized carbons (Fsp3) is 0.312. The average molecular weight is 403 g/mol. The number of thiophene rings is 1. The van der Waals surface area contributed by atoms with Crippen molar-refractivity contribution in [2.24, 2.45) is 0 Å². The Balaban J connectivity index is 1.82. The molecule has 25 heavy (non-hydrogen) atoms. The first kappa shape index (κ1) is 19.7. The first-order chi connectivity index (χ1) is 11.8. The third-order valence-corrected chi connectivity index (χ3v) is 6.98. The summed E-state index contributed by atoms with van der Waals surface area (Å²) in [5.41, 5.74) is 1.05. The Labute approximate surface area is 156 Å². The predicted octanol–water partition coefficient (Wildman–Crippen LogP) is 2.39. The molecule has 0 saturated carbocycles. The Hall–Kier alpha value is -1.61. The van der Waals surface area contributed by atoms with Gasteiger partial charge in [0.15, 0.2) is 0 Å². The quantitative estimate of drug-likeness (QED) is 0.735. The van der Waals surface area contributed by atoms with Gasteiger partial charge >= 0.3 is 0 Å². The third kappa shape index (κ3) is 5.43. The van der Waals surface area contributed by atoms with E-state index in [-0.39, 0.29) is 16.7 Å². The van der Waals surface area contributed by atoms with Gasteiger partial charge in [-0.05, 0) is 36.2 Å². The number of halogens is 1. The van der Waals surface area contributed by atoms with Crippen LogP contribution in [-0.2, 0) is 21.2 Å². The van der Waals surface area contributed by atoms with E-state index in [9.17, 15) is 13.2 Å². The summed E-state index contributed by atoms with van der Waals surface area (Å²) in [4.78, 5) is 12.0. The second-order valence-electron chi connectivity index (χ2n) is 5.27. The lowest BCUT2D eigenvalue weighted by Gasteiger charge is -2.15. The summed E-state index contributed by atoms with van der Waals surface area (Å²) in [5, 5.41) is 2.72. The fourth-order valence-electron chi connectivity index (χ4n) is 2.07. The van der Waals surface area contributed by atoms with Gasteiger partial charge in [0.2, 0.25) is 5.91 Å². The summed E-state index contributed by atoms with van der Waals surface area (Å²) in [5.74, 6) is 0.413. The number of ether oxygens (including phenoxy) is 1. The summed E-state index contributed by atoms with van der Waals surface area (Å²) in [7, 11) is -0.737. The van der Waals surface area contributed by atoms with Crippen LogP contribution in [0.15, 0.2) is 40.6 Å². The van der Waals surface area contributed by atoms with Crippen molar-refractivity contribution in [1.82, 2.24) is 9.62 Å². The van der Waals surface area contributed by atoms with Crippen LogP contribution in [-0.4, -0.2) is 45.9 Å². The Morgan fingerprint density at radius 1 is 1.24 bits per heavy atom. The Morgan fingerprint density at radius 3 is 2.48 bits per heavy atom. The van der Waals surface area contributed by atoms with Crippen LogP contribution in [0.5, 0.6) is 5.75 Å². The lowest BCUT2D eigenvalue weighted by atomic mass is 10.1. The van der Waals surface area contributed by atoms with E-state index in [1.165, 1.54) is 19.2 Å². The molecule has 0 aliphatic heterocycles. The summed E-state index contributed by atoms with van der Waals surface area (Å²) in [6, 6.07) is 10.5. The maximum absolute atomic E-state index is 12.3. The number of likely N-dealkylation sites (N-methyl/N-ethyl adjacent to an activating group) is 1. The molecule has 0 atom stereocenters. The van der Waals surface area contributed by atoms with Crippen molar-refractivity contribution in [3.63, 3.8) is 0 Å². The molecule has 0 unspecified atom stereocenters. The number of methoxy groups -OCH3 is 1. The Kier molecular flexibility index (Phi) is 6.83. The molecule has 0 bridgehead atoms. The summed E-state index contributed by atoms with van der Waals surface area (Å²) in [6.07, 6.45) is 0.646. The van der Waals surface area contributed by atoms with E-state index in [4.69, 9.17) is 16.3 Å². The maximum Gasteiger partial charge on any atom is 0.252 e. The van der Waals surface area contributed by atoms with E-state index < -0.39 is 10.0 Å². The molecule has 0 aliphatic carbocycles. The second kappa shape index (κ2) is 8.66. The number of hydrogen-bond donors (Lipinski definition) is 1. The molecule has 1 heterocycles. The minimum absolute atomic E-state index is 0.117. The van der Waals surface area contributed by atoms with E-state index in [2.05, 4.69) is 5.32 Å². The molecule has 6 nitrogen and oxygen atoms in total. The zero-order valence-corrected chi connectivity index (χ0v) is 16.2. The topological polar surface area (TPSA) is 75.7 Å². The van der Waals surface area contributed by atoms with Crippen LogP contribution < -0.4 is 10.1 Å². The molecule has 0 spiro atoms. The Morgan fingerprint density at radius 2 is 1.92 bits per heavy atom. The first-order valence-corrected chi connectivity index (χ1v) is 10.1. The standard InChI is InChI=1S/C16H19ClN2O4S2/c1-19(25(21,22)16-8-7-14(17)24-16)11-15(20)18-10-9-12-3-5-13(23-2)6-4-12/h3-8H,9-11H2,1-2H3,(H,18,20). The van der Waals surface area contributed by atoms with Crippen LogP contribution in [0.25, 0.3) is 0 Å². The highest BCUT2D eigenvalue weighted by Gasteiger charge is 2.24. The second-order valence-corrected chi connectivity index (χ2v) is 9.25. The van der Waals surface area contributed by atoms with E-state index in [1.807, 2.05) is 24.3 Å². The number of sulfonamides is 1. The SMILES string of the molecule is COc1ccc(CCNC(=O)CN(C)S(=O)(=O)c2ccc(Cl)s2)cc1. The van der Waals surface area contributed by atoms with Crippen LogP contribution in [0.2, 0.25) is 4.34 Å². The zero-order chi connectivity index (χ0) is 18.4. The van der Waals surface area contributed by atoms with Crippen molar-refractivity contribution >= 4 is 38.9 Å². The first-order valence-electron chi connectivity index (χ1n) is 7.44. The fourth-order valence-corrected chi connectivity index (χ4v) is 4.89. The monoisotopic (exact) mass is 402 g/mol. The van der Waals surface area contributed by atoms with E-state index in [0.717, 1.165) is 27.0 Å². The number of carbonyl (C=O) groups excluding carboxylic acids is 1. The Bertz CT molecular complexity index is 819. The van der Waals surface area contributed by atoms with Gasteiger partial charge in [0.25, 0.3) is 10.0 Å². The van der Waals surface area contributed by atoms with Crippen LogP contribution in [0, 0.1) is 0 Å². The number of carbonyl (C=O) groups is 1. The molecule has 1 amide bonds. The molecule has 2 rings (SSSR count). The van der Waals surface area contributed by atoms with Crippen molar-refractivity contribution in [2.75, 3.05) is 27.2 Å². The third-order valence-electron chi connectivity index (χ3n) is 3.47. The lowest BCUT2D eigenvalue weighted by molar-refractivity contribution is -0.121. The molecule has 1 aromatic carbocycles. The molecule has 136 valence electrons.